The van der Waals surface area contributed by atoms with Crippen LogP contribution in [0.3, 0.4) is 0 Å². The van der Waals surface area contributed by atoms with Crippen LogP contribution >= 0.6 is 0 Å². The number of hydrogen-bond donors (Lipinski definition) is 2. The molecule has 0 spiro atoms. The van der Waals surface area contributed by atoms with Crippen molar-refractivity contribution < 1.29 is 13.5 Å². The summed E-state index contributed by atoms with van der Waals surface area (Å²) >= 11 is 0. The molecule has 0 fully saturated rings. The summed E-state index contributed by atoms with van der Waals surface area (Å²) in [5.74, 6) is 5.19. The molecule has 92 valence electrons. The van der Waals surface area contributed by atoms with Crippen LogP contribution in [0.25, 0.3) is 0 Å². The molecule has 4 nitrogen and oxygen atoms in total. The average molecular weight is 253 g/mol. The van der Waals surface area contributed by atoms with Gasteiger partial charge in [-0.15, -0.1) is 0 Å². The van der Waals surface area contributed by atoms with E-state index in [1.165, 1.54) is 0 Å². The Morgan fingerprint density at radius 1 is 1.35 bits per heavy atom. The third-order valence-corrected chi connectivity index (χ3v) is 3.85. The predicted molar refractivity (Wildman–Crippen MR) is 68.1 cm³/mol. The zero-order valence-corrected chi connectivity index (χ0v) is 10.6. The van der Waals surface area contributed by atoms with E-state index in [-0.39, 0.29) is 6.61 Å². The fraction of sp³-hybridized carbons (Fsp3) is 0.333. The molecule has 1 aromatic rings. The van der Waals surface area contributed by atoms with Gasteiger partial charge in [0, 0.05) is 5.56 Å². The molecular weight excluding hydrogens is 238 g/mol. The molecule has 0 bridgehead atoms. The van der Waals surface area contributed by atoms with Gasteiger partial charge >= 0.3 is 0 Å². The monoisotopic (exact) mass is 253 g/mol. The summed E-state index contributed by atoms with van der Waals surface area (Å²) in [4.78, 5) is 0. The zero-order chi connectivity index (χ0) is 12.9. The van der Waals surface area contributed by atoms with Gasteiger partial charge in [0.05, 0.1) is 10.9 Å². The number of hydrogen-bond acceptors (Lipinski definition) is 3. The molecule has 0 radical (unpaired) electrons. The van der Waals surface area contributed by atoms with Crippen LogP contribution in [0.2, 0.25) is 0 Å². The highest BCUT2D eigenvalue weighted by atomic mass is 32.2. The van der Waals surface area contributed by atoms with Crippen LogP contribution in [0.15, 0.2) is 24.3 Å². The van der Waals surface area contributed by atoms with Gasteiger partial charge in [-0.25, -0.2) is 8.42 Å². The maximum Gasteiger partial charge on any atom is 0.235 e. The van der Waals surface area contributed by atoms with E-state index < -0.39 is 15.3 Å². The van der Waals surface area contributed by atoms with Gasteiger partial charge in [0.2, 0.25) is 10.0 Å². The Bertz CT molecular complexity index is 538. The number of nitrogens with one attached hydrogen (secondary N) is 1. The van der Waals surface area contributed by atoms with Gasteiger partial charge in [-0.2, -0.15) is 0 Å². The van der Waals surface area contributed by atoms with Crippen molar-refractivity contribution in [3.05, 3.63) is 29.8 Å². The first-order chi connectivity index (χ1) is 7.97. The minimum atomic E-state index is -3.38. The Kier molecular flexibility index (Phi) is 4.55. The van der Waals surface area contributed by atoms with Crippen molar-refractivity contribution in [1.82, 2.24) is 0 Å². The Balaban J connectivity index is 3.07. The highest BCUT2D eigenvalue weighted by Crippen LogP contribution is 2.16. The number of anilines is 1. The van der Waals surface area contributed by atoms with Gasteiger partial charge < -0.3 is 5.11 Å². The first kappa shape index (κ1) is 13.6. The Hall–Kier alpha value is -1.51. The Labute approximate surface area is 102 Å². The molecule has 0 aliphatic heterocycles. The first-order valence-corrected chi connectivity index (χ1v) is 6.72. The smallest absolute Gasteiger partial charge is 0.235 e. The second-order valence-electron chi connectivity index (χ2n) is 3.70. The lowest BCUT2D eigenvalue weighted by Crippen LogP contribution is -2.22. The predicted octanol–water partition coefficient (Wildman–Crippen LogP) is 1.18. The van der Waals surface area contributed by atoms with Gasteiger partial charge in [-0.1, -0.05) is 24.0 Å². The molecule has 0 aliphatic carbocycles. The lowest BCUT2D eigenvalue weighted by Gasteiger charge is -2.11. The molecule has 0 saturated carbocycles. The van der Waals surface area contributed by atoms with Gasteiger partial charge in [0.1, 0.15) is 6.61 Å². The third kappa shape index (κ3) is 3.77. The van der Waals surface area contributed by atoms with Crippen molar-refractivity contribution in [2.75, 3.05) is 11.3 Å². The molecule has 0 aliphatic rings. The van der Waals surface area contributed by atoms with Gasteiger partial charge in [-0.3, -0.25) is 4.72 Å². The zero-order valence-electron chi connectivity index (χ0n) is 9.77. The van der Waals surface area contributed by atoms with Crippen LogP contribution in [0, 0.1) is 11.8 Å². The van der Waals surface area contributed by atoms with E-state index >= 15 is 0 Å². The fourth-order valence-electron chi connectivity index (χ4n) is 1.09. The Morgan fingerprint density at radius 2 is 2.00 bits per heavy atom. The molecular formula is C12H15NO3S. The largest absolute Gasteiger partial charge is 0.384 e. The third-order valence-electron chi connectivity index (χ3n) is 2.10. The minimum Gasteiger partial charge on any atom is -0.384 e. The van der Waals surface area contributed by atoms with E-state index in [2.05, 4.69) is 16.6 Å². The number of sulfonamides is 1. The molecule has 0 heterocycles. The van der Waals surface area contributed by atoms with E-state index in [1.54, 1.807) is 38.1 Å². The van der Waals surface area contributed by atoms with Crippen LogP contribution in [0.5, 0.6) is 0 Å². The van der Waals surface area contributed by atoms with Crippen molar-refractivity contribution in [2.45, 2.75) is 19.1 Å². The average Bonchev–Trinajstić information content (AvgIpc) is 2.27. The molecule has 0 unspecified atom stereocenters. The van der Waals surface area contributed by atoms with Crippen LogP contribution in [-0.2, 0) is 10.0 Å². The molecule has 1 aromatic carbocycles. The second kappa shape index (κ2) is 5.71. The molecule has 0 amide bonds. The number of rotatable bonds is 3. The molecule has 17 heavy (non-hydrogen) atoms. The lowest BCUT2D eigenvalue weighted by molar-refractivity contribution is 0.350. The van der Waals surface area contributed by atoms with Crippen molar-refractivity contribution in [3.8, 4) is 11.8 Å². The van der Waals surface area contributed by atoms with Gasteiger partial charge in [0.25, 0.3) is 0 Å². The summed E-state index contributed by atoms with van der Waals surface area (Å²) < 4.78 is 25.9. The molecule has 0 aromatic heterocycles. The molecule has 5 heteroatoms. The highest BCUT2D eigenvalue weighted by Gasteiger charge is 2.16. The number of aliphatic hydroxyl groups excluding tert-OH is 1. The van der Waals surface area contributed by atoms with E-state index in [9.17, 15) is 8.42 Å². The second-order valence-corrected chi connectivity index (χ2v) is 5.94. The van der Waals surface area contributed by atoms with Crippen LogP contribution in [0.1, 0.15) is 19.4 Å². The summed E-state index contributed by atoms with van der Waals surface area (Å²) in [7, 11) is -3.38. The molecule has 2 N–H and O–H groups in total. The SMILES string of the molecule is CC(C)S(=O)(=O)Nc1ccccc1C#CCO. The maximum atomic E-state index is 11.7. The quantitative estimate of drug-likeness (QED) is 0.795. The summed E-state index contributed by atoms with van der Waals surface area (Å²) in [6, 6.07) is 6.82. The Morgan fingerprint density at radius 3 is 2.59 bits per heavy atom. The van der Waals surface area contributed by atoms with Crippen molar-refractivity contribution in [2.24, 2.45) is 0 Å². The van der Waals surface area contributed by atoms with Gasteiger partial charge in [-0.05, 0) is 26.0 Å². The number of para-hydroxylation sites is 1. The van der Waals surface area contributed by atoms with Crippen molar-refractivity contribution >= 4 is 15.7 Å². The summed E-state index contributed by atoms with van der Waals surface area (Å²) in [5, 5.41) is 8.11. The first-order valence-electron chi connectivity index (χ1n) is 5.17. The topological polar surface area (TPSA) is 66.4 Å². The normalized spacial score (nSPS) is 10.8. The molecule has 0 saturated heterocycles. The highest BCUT2D eigenvalue weighted by molar-refractivity contribution is 7.93. The van der Waals surface area contributed by atoms with Crippen molar-refractivity contribution in [3.63, 3.8) is 0 Å². The fourth-order valence-corrected chi connectivity index (χ4v) is 1.81. The summed E-state index contributed by atoms with van der Waals surface area (Å²) in [6.07, 6.45) is 0. The van der Waals surface area contributed by atoms with E-state index in [0.717, 1.165) is 0 Å². The molecule has 0 atom stereocenters. The van der Waals surface area contributed by atoms with E-state index in [1.807, 2.05) is 0 Å². The standard InChI is InChI=1S/C12H15NO3S/c1-10(2)17(15,16)13-12-8-4-3-6-11(12)7-5-9-14/h3-4,6,8,10,13-14H,9H2,1-2H3. The van der Waals surface area contributed by atoms with Crippen LogP contribution < -0.4 is 4.72 Å². The maximum absolute atomic E-state index is 11.7. The minimum absolute atomic E-state index is 0.259. The molecule has 1 rings (SSSR count). The number of benzene rings is 1. The van der Waals surface area contributed by atoms with Crippen molar-refractivity contribution in [1.29, 1.82) is 0 Å². The van der Waals surface area contributed by atoms with E-state index in [0.29, 0.717) is 11.3 Å². The number of aliphatic hydroxyl groups is 1. The van der Waals surface area contributed by atoms with Gasteiger partial charge in [0.15, 0.2) is 0 Å². The van der Waals surface area contributed by atoms with Crippen LogP contribution in [0.4, 0.5) is 5.69 Å². The lowest BCUT2D eigenvalue weighted by atomic mass is 10.2. The summed E-state index contributed by atoms with van der Waals surface area (Å²) in [6.45, 7) is 2.94. The van der Waals surface area contributed by atoms with Crippen LogP contribution in [-0.4, -0.2) is 25.4 Å². The van der Waals surface area contributed by atoms with E-state index in [4.69, 9.17) is 5.11 Å². The summed E-state index contributed by atoms with van der Waals surface area (Å²) in [5.41, 5.74) is 0.980.